The van der Waals surface area contributed by atoms with Crippen molar-refractivity contribution in [2.75, 3.05) is 37.7 Å². The molecular formula is C26H36N4O2. The molecule has 0 aromatic heterocycles. The maximum Gasteiger partial charge on any atom is 0.227 e. The summed E-state index contributed by atoms with van der Waals surface area (Å²) in [5.74, 6) is 1.05. The van der Waals surface area contributed by atoms with Gasteiger partial charge in [-0.15, -0.1) is 0 Å². The van der Waals surface area contributed by atoms with Crippen LogP contribution in [0.15, 0.2) is 59.6 Å². The summed E-state index contributed by atoms with van der Waals surface area (Å²) in [4.78, 5) is 18.4. The van der Waals surface area contributed by atoms with Gasteiger partial charge in [-0.2, -0.15) is 0 Å². The number of unbranched alkanes of at least 4 members (excludes halogenated alkanes) is 1. The standard InChI is InChI=1S/C26H36N4O2/c1-2-27-26(28-17-6-7-19-32-20-16-22-9-4-3-5-10-22)29-21-23-12-14-24(15-13-23)30-18-8-11-25(30)31/h3-5,9-10,12-15H,2,6-8,11,16-21H2,1H3,(H2,27,28,29). The van der Waals surface area contributed by atoms with E-state index in [4.69, 9.17) is 4.74 Å². The second-order valence-corrected chi connectivity index (χ2v) is 7.99. The number of hydrogen-bond acceptors (Lipinski definition) is 3. The van der Waals surface area contributed by atoms with Crippen LogP contribution in [0.3, 0.4) is 0 Å². The molecule has 0 aliphatic carbocycles. The number of carbonyl (C=O) groups is 1. The number of amides is 1. The molecule has 0 radical (unpaired) electrons. The Balaban J connectivity index is 1.32. The van der Waals surface area contributed by atoms with Gasteiger partial charge in [-0.25, -0.2) is 4.99 Å². The number of carbonyl (C=O) groups excluding carboxylic acids is 1. The molecule has 3 rings (SSSR count). The van der Waals surface area contributed by atoms with Gasteiger partial charge in [-0.05, 0) is 55.9 Å². The molecule has 6 heteroatoms. The Bertz CT molecular complexity index is 837. The van der Waals surface area contributed by atoms with Crippen LogP contribution in [0.5, 0.6) is 0 Å². The Morgan fingerprint density at radius 1 is 1.00 bits per heavy atom. The predicted molar refractivity (Wildman–Crippen MR) is 131 cm³/mol. The van der Waals surface area contributed by atoms with Gasteiger partial charge in [0, 0.05) is 38.3 Å². The average Bonchev–Trinajstić information content (AvgIpc) is 3.26. The van der Waals surface area contributed by atoms with Crippen LogP contribution in [0.25, 0.3) is 0 Å². The monoisotopic (exact) mass is 436 g/mol. The van der Waals surface area contributed by atoms with Gasteiger partial charge in [-0.1, -0.05) is 42.5 Å². The van der Waals surface area contributed by atoms with Crippen molar-refractivity contribution in [2.24, 2.45) is 4.99 Å². The highest BCUT2D eigenvalue weighted by Gasteiger charge is 2.21. The molecule has 0 bridgehead atoms. The van der Waals surface area contributed by atoms with E-state index in [1.165, 1.54) is 5.56 Å². The first-order valence-corrected chi connectivity index (χ1v) is 11.8. The smallest absolute Gasteiger partial charge is 0.227 e. The van der Waals surface area contributed by atoms with Gasteiger partial charge >= 0.3 is 0 Å². The van der Waals surface area contributed by atoms with Crippen LogP contribution in [0, 0.1) is 0 Å². The Morgan fingerprint density at radius 3 is 2.53 bits per heavy atom. The van der Waals surface area contributed by atoms with E-state index in [0.29, 0.717) is 13.0 Å². The molecule has 2 N–H and O–H groups in total. The first-order valence-electron chi connectivity index (χ1n) is 11.8. The minimum atomic E-state index is 0.219. The Kier molecular flexibility index (Phi) is 10.1. The normalized spacial score (nSPS) is 14.1. The van der Waals surface area contributed by atoms with E-state index >= 15 is 0 Å². The van der Waals surface area contributed by atoms with Gasteiger partial charge in [0.1, 0.15) is 0 Å². The fourth-order valence-electron chi connectivity index (χ4n) is 3.69. The summed E-state index contributed by atoms with van der Waals surface area (Å²) in [6, 6.07) is 18.6. The maximum atomic E-state index is 11.9. The van der Waals surface area contributed by atoms with Crippen LogP contribution < -0.4 is 15.5 Å². The molecule has 1 aliphatic rings. The molecule has 0 atom stereocenters. The number of hydrogen-bond donors (Lipinski definition) is 2. The third kappa shape index (κ3) is 8.00. The van der Waals surface area contributed by atoms with E-state index in [9.17, 15) is 4.79 Å². The Labute approximate surface area is 192 Å². The Hall–Kier alpha value is -2.86. The highest BCUT2D eigenvalue weighted by molar-refractivity contribution is 5.95. The van der Waals surface area contributed by atoms with Gasteiger partial charge < -0.3 is 20.3 Å². The zero-order chi connectivity index (χ0) is 22.4. The molecule has 1 fully saturated rings. The number of nitrogens with zero attached hydrogens (tertiary/aromatic N) is 2. The minimum Gasteiger partial charge on any atom is -0.381 e. The quantitative estimate of drug-likeness (QED) is 0.301. The van der Waals surface area contributed by atoms with Crippen LogP contribution in [0.2, 0.25) is 0 Å². The molecule has 2 aromatic rings. The lowest BCUT2D eigenvalue weighted by Crippen LogP contribution is -2.37. The third-order valence-corrected chi connectivity index (χ3v) is 5.47. The minimum absolute atomic E-state index is 0.219. The van der Waals surface area contributed by atoms with Gasteiger partial charge in [0.2, 0.25) is 5.91 Å². The van der Waals surface area contributed by atoms with Crippen LogP contribution in [-0.4, -0.2) is 44.7 Å². The predicted octanol–water partition coefficient (Wildman–Crippen LogP) is 3.91. The van der Waals surface area contributed by atoms with Gasteiger partial charge in [-0.3, -0.25) is 4.79 Å². The van der Waals surface area contributed by atoms with Crippen molar-refractivity contribution >= 4 is 17.6 Å². The van der Waals surface area contributed by atoms with Crippen LogP contribution in [-0.2, 0) is 22.5 Å². The van der Waals surface area contributed by atoms with Crippen molar-refractivity contribution in [3.63, 3.8) is 0 Å². The molecule has 2 aromatic carbocycles. The lowest BCUT2D eigenvalue weighted by molar-refractivity contribution is -0.117. The second-order valence-electron chi connectivity index (χ2n) is 7.99. The molecule has 0 saturated carbocycles. The van der Waals surface area contributed by atoms with E-state index < -0.39 is 0 Å². The summed E-state index contributed by atoms with van der Waals surface area (Å²) in [5.41, 5.74) is 3.43. The molecule has 1 aliphatic heterocycles. The lowest BCUT2D eigenvalue weighted by atomic mass is 10.2. The molecule has 0 spiro atoms. The summed E-state index contributed by atoms with van der Waals surface area (Å²) in [6.45, 7) is 6.74. The van der Waals surface area contributed by atoms with E-state index in [-0.39, 0.29) is 5.91 Å². The van der Waals surface area contributed by atoms with Crippen molar-refractivity contribution in [1.82, 2.24) is 10.6 Å². The second kappa shape index (κ2) is 13.5. The van der Waals surface area contributed by atoms with E-state index in [2.05, 4.69) is 58.9 Å². The van der Waals surface area contributed by atoms with Crippen molar-refractivity contribution in [3.05, 3.63) is 65.7 Å². The number of aliphatic imine (C=N–C) groups is 1. The molecule has 1 saturated heterocycles. The molecule has 1 amide bonds. The molecule has 1 heterocycles. The summed E-state index contributed by atoms with van der Waals surface area (Å²) in [5, 5.41) is 6.70. The first-order chi connectivity index (χ1) is 15.8. The van der Waals surface area contributed by atoms with Gasteiger partial charge in [0.15, 0.2) is 5.96 Å². The summed E-state index contributed by atoms with van der Waals surface area (Å²) < 4.78 is 5.75. The van der Waals surface area contributed by atoms with Crippen molar-refractivity contribution in [1.29, 1.82) is 0 Å². The van der Waals surface area contributed by atoms with E-state index in [0.717, 1.165) is 75.7 Å². The number of anilines is 1. The van der Waals surface area contributed by atoms with Crippen molar-refractivity contribution in [3.8, 4) is 0 Å². The van der Waals surface area contributed by atoms with E-state index in [1.54, 1.807) is 0 Å². The fourth-order valence-corrected chi connectivity index (χ4v) is 3.69. The fraction of sp³-hybridized carbons (Fsp3) is 0.462. The van der Waals surface area contributed by atoms with Crippen LogP contribution in [0.1, 0.15) is 43.7 Å². The first kappa shape index (κ1) is 23.8. The molecule has 6 nitrogen and oxygen atoms in total. The topological polar surface area (TPSA) is 66.0 Å². The van der Waals surface area contributed by atoms with Crippen LogP contribution in [0.4, 0.5) is 5.69 Å². The highest BCUT2D eigenvalue weighted by Crippen LogP contribution is 2.21. The number of rotatable bonds is 12. The van der Waals surface area contributed by atoms with Crippen LogP contribution >= 0.6 is 0 Å². The van der Waals surface area contributed by atoms with E-state index in [1.807, 2.05) is 23.1 Å². The summed E-state index contributed by atoms with van der Waals surface area (Å²) >= 11 is 0. The number of benzene rings is 2. The average molecular weight is 437 g/mol. The largest absolute Gasteiger partial charge is 0.381 e. The molecule has 32 heavy (non-hydrogen) atoms. The number of ether oxygens (including phenoxy) is 1. The Morgan fingerprint density at radius 2 is 1.81 bits per heavy atom. The summed E-state index contributed by atoms with van der Waals surface area (Å²) in [6.07, 6.45) is 4.63. The molecular weight excluding hydrogens is 400 g/mol. The highest BCUT2D eigenvalue weighted by atomic mass is 16.5. The summed E-state index contributed by atoms with van der Waals surface area (Å²) in [7, 11) is 0. The number of nitrogens with one attached hydrogen (secondary N) is 2. The van der Waals surface area contributed by atoms with Gasteiger partial charge in [0.05, 0.1) is 13.2 Å². The zero-order valence-corrected chi connectivity index (χ0v) is 19.2. The van der Waals surface area contributed by atoms with Crippen molar-refractivity contribution < 1.29 is 9.53 Å². The van der Waals surface area contributed by atoms with Gasteiger partial charge in [0.25, 0.3) is 0 Å². The lowest BCUT2D eigenvalue weighted by Gasteiger charge is -2.16. The zero-order valence-electron chi connectivity index (χ0n) is 19.2. The SMILES string of the molecule is CCNC(=NCc1ccc(N2CCCC2=O)cc1)NCCCCOCCc1ccccc1. The third-order valence-electron chi connectivity index (χ3n) is 5.47. The number of guanidine groups is 1. The molecule has 172 valence electrons. The van der Waals surface area contributed by atoms with Crippen molar-refractivity contribution in [2.45, 2.75) is 45.6 Å². The maximum absolute atomic E-state index is 11.9. The molecule has 0 unspecified atom stereocenters.